The zero-order chi connectivity index (χ0) is 17.9. The minimum Gasteiger partial charge on any atom is -0.465 e. The largest absolute Gasteiger partial charge is 0.465 e. The molecule has 24 heavy (non-hydrogen) atoms. The average molecular weight is 347 g/mol. The van der Waals surface area contributed by atoms with Crippen molar-refractivity contribution in [2.75, 3.05) is 14.2 Å². The molecule has 0 N–H and O–H groups in total. The number of hydrogen-bond acceptors (Lipinski definition) is 4. The number of benzene rings is 2. The topological polar surface area (TPSA) is 63.7 Å². The number of carbonyl (C=O) groups excluding carboxylic acids is 1. The zero-order valence-electron chi connectivity index (χ0n) is 14.2. The Balaban J connectivity index is 2.23. The molecule has 0 amide bonds. The minimum absolute atomic E-state index is 0.219. The van der Waals surface area contributed by atoms with Gasteiger partial charge in [0.05, 0.1) is 17.6 Å². The molecule has 5 nitrogen and oxygen atoms in total. The second-order valence-electron chi connectivity index (χ2n) is 5.72. The van der Waals surface area contributed by atoms with Gasteiger partial charge in [-0.25, -0.2) is 13.2 Å². The molecule has 6 heteroatoms. The summed E-state index contributed by atoms with van der Waals surface area (Å²) in [5, 5.41) is 0. The van der Waals surface area contributed by atoms with Gasteiger partial charge in [-0.3, -0.25) is 0 Å². The van der Waals surface area contributed by atoms with Crippen LogP contribution in [0.5, 0.6) is 0 Å². The van der Waals surface area contributed by atoms with E-state index in [9.17, 15) is 13.2 Å². The molecular weight excluding hydrogens is 326 g/mol. The van der Waals surface area contributed by atoms with E-state index < -0.39 is 16.0 Å². The van der Waals surface area contributed by atoms with E-state index in [1.807, 2.05) is 13.0 Å². The van der Waals surface area contributed by atoms with Gasteiger partial charge in [-0.15, -0.1) is 0 Å². The average Bonchev–Trinajstić information content (AvgIpc) is 2.56. The van der Waals surface area contributed by atoms with Crippen LogP contribution in [0.1, 0.15) is 27.0 Å². The molecule has 2 aromatic rings. The summed E-state index contributed by atoms with van der Waals surface area (Å²) in [7, 11) is -0.713. The maximum Gasteiger partial charge on any atom is 0.337 e. The molecular formula is C18H21NO4S. The third kappa shape index (κ3) is 3.83. The number of methoxy groups -OCH3 is 1. The number of sulfonamides is 1. The summed E-state index contributed by atoms with van der Waals surface area (Å²) >= 11 is 0. The van der Waals surface area contributed by atoms with Crippen LogP contribution < -0.4 is 0 Å². The van der Waals surface area contributed by atoms with E-state index >= 15 is 0 Å². The Labute approximate surface area is 142 Å². The molecule has 0 atom stereocenters. The summed E-state index contributed by atoms with van der Waals surface area (Å²) in [4.78, 5) is 11.7. The minimum atomic E-state index is -3.58. The first kappa shape index (κ1) is 18.2. The first-order valence-electron chi connectivity index (χ1n) is 7.46. The van der Waals surface area contributed by atoms with Crippen LogP contribution in [0, 0.1) is 13.8 Å². The fourth-order valence-electron chi connectivity index (χ4n) is 2.36. The maximum atomic E-state index is 12.8. The predicted octanol–water partition coefficient (Wildman–Crippen LogP) is 2.91. The summed E-state index contributed by atoms with van der Waals surface area (Å²) in [6.07, 6.45) is 0. The van der Waals surface area contributed by atoms with Gasteiger partial charge in [0.1, 0.15) is 0 Å². The Morgan fingerprint density at radius 2 is 1.71 bits per heavy atom. The van der Waals surface area contributed by atoms with Crippen molar-refractivity contribution in [3.8, 4) is 0 Å². The van der Waals surface area contributed by atoms with E-state index in [1.54, 1.807) is 50.4 Å². The predicted molar refractivity (Wildman–Crippen MR) is 92.4 cm³/mol. The van der Waals surface area contributed by atoms with Gasteiger partial charge in [0, 0.05) is 13.6 Å². The number of esters is 1. The highest BCUT2D eigenvalue weighted by Crippen LogP contribution is 2.22. The summed E-state index contributed by atoms with van der Waals surface area (Å²) in [6.45, 7) is 3.87. The van der Waals surface area contributed by atoms with Crippen molar-refractivity contribution < 1.29 is 17.9 Å². The van der Waals surface area contributed by atoms with Crippen LogP contribution in [-0.4, -0.2) is 32.8 Å². The molecule has 0 saturated heterocycles. The molecule has 0 aromatic heterocycles. The monoisotopic (exact) mass is 347 g/mol. The number of aryl methyl sites for hydroxylation is 2. The number of nitrogens with zero attached hydrogens (tertiary/aromatic N) is 1. The van der Waals surface area contributed by atoms with Crippen LogP contribution in [0.3, 0.4) is 0 Å². The molecule has 0 unspecified atom stereocenters. The van der Waals surface area contributed by atoms with Crippen LogP contribution in [0.2, 0.25) is 0 Å². The molecule has 0 radical (unpaired) electrons. The zero-order valence-corrected chi connectivity index (χ0v) is 15.1. The molecule has 0 fully saturated rings. The quantitative estimate of drug-likeness (QED) is 0.780. The maximum absolute atomic E-state index is 12.8. The first-order chi connectivity index (χ1) is 11.3. The highest BCUT2D eigenvalue weighted by atomic mass is 32.2. The third-order valence-corrected chi connectivity index (χ3v) is 5.76. The van der Waals surface area contributed by atoms with Crippen molar-refractivity contribution in [2.45, 2.75) is 25.3 Å². The fraction of sp³-hybridized carbons (Fsp3) is 0.278. The van der Waals surface area contributed by atoms with E-state index in [1.165, 1.54) is 11.4 Å². The summed E-state index contributed by atoms with van der Waals surface area (Å²) in [6, 6.07) is 12.1. The van der Waals surface area contributed by atoms with E-state index in [2.05, 4.69) is 4.74 Å². The van der Waals surface area contributed by atoms with Crippen LogP contribution in [0.4, 0.5) is 0 Å². The van der Waals surface area contributed by atoms with Crippen LogP contribution in [0.15, 0.2) is 47.4 Å². The Kier molecular flexibility index (Phi) is 5.41. The molecule has 0 aliphatic rings. The number of hydrogen-bond donors (Lipinski definition) is 0. The second-order valence-corrected chi connectivity index (χ2v) is 7.73. The Morgan fingerprint density at radius 3 is 2.29 bits per heavy atom. The van der Waals surface area contributed by atoms with Gasteiger partial charge in [-0.2, -0.15) is 4.31 Å². The molecule has 2 rings (SSSR count). The van der Waals surface area contributed by atoms with Crippen molar-refractivity contribution in [1.82, 2.24) is 4.31 Å². The molecule has 0 bridgehead atoms. The van der Waals surface area contributed by atoms with Gasteiger partial charge in [-0.1, -0.05) is 24.3 Å². The smallest absolute Gasteiger partial charge is 0.337 e. The Hall–Kier alpha value is -2.18. The lowest BCUT2D eigenvalue weighted by atomic mass is 10.1. The van der Waals surface area contributed by atoms with Crippen molar-refractivity contribution >= 4 is 16.0 Å². The van der Waals surface area contributed by atoms with Gasteiger partial charge in [-0.05, 0) is 48.7 Å². The number of rotatable bonds is 5. The van der Waals surface area contributed by atoms with E-state index in [0.717, 1.165) is 11.1 Å². The number of carbonyl (C=O) groups is 1. The van der Waals surface area contributed by atoms with E-state index in [0.29, 0.717) is 16.0 Å². The normalized spacial score (nSPS) is 11.5. The first-order valence-corrected chi connectivity index (χ1v) is 8.90. The van der Waals surface area contributed by atoms with Crippen molar-refractivity contribution in [3.05, 3.63) is 64.7 Å². The summed E-state index contributed by atoms with van der Waals surface area (Å²) < 4.78 is 31.5. The summed E-state index contributed by atoms with van der Waals surface area (Å²) in [5.74, 6) is -0.419. The lowest BCUT2D eigenvalue weighted by Gasteiger charge is -2.19. The summed E-state index contributed by atoms with van der Waals surface area (Å²) in [5.41, 5.74) is 2.84. The lowest BCUT2D eigenvalue weighted by molar-refractivity contribution is 0.0600. The molecule has 0 saturated carbocycles. The van der Waals surface area contributed by atoms with Gasteiger partial charge in [0.2, 0.25) is 10.0 Å². The lowest BCUT2D eigenvalue weighted by Crippen LogP contribution is -2.27. The Bertz CT molecular complexity index is 842. The second kappa shape index (κ2) is 7.15. The van der Waals surface area contributed by atoms with Crippen molar-refractivity contribution in [2.24, 2.45) is 0 Å². The molecule has 0 aliphatic carbocycles. The Morgan fingerprint density at radius 1 is 1.08 bits per heavy atom. The van der Waals surface area contributed by atoms with Crippen LogP contribution in [-0.2, 0) is 21.3 Å². The fourth-order valence-corrected chi connectivity index (χ4v) is 3.82. The SMILES string of the molecule is COC(=O)c1ccc(CN(C)S(=O)(=O)c2cc(C)ccc2C)cc1. The highest BCUT2D eigenvalue weighted by molar-refractivity contribution is 7.89. The third-order valence-electron chi connectivity index (χ3n) is 3.81. The van der Waals surface area contributed by atoms with E-state index in [4.69, 9.17) is 0 Å². The van der Waals surface area contributed by atoms with Crippen molar-refractivity contribution in [3.63, 3.8) is 0 Å². The van der Waals surface area contributed by atoms with Gasteiger partial charge >= 0.3 is 5.97 Å². The molecule has 2 aromatic carbocycles. The standard InChI is InChI=1S/C18H21NO4S/c1-13-5-6-14(2)17(11-13)24(21,22)19(3)12-15-7-9-16(10-8-15)18(20)23-4/h5-11H,12H2,1-4H3. The molecule has 128 valence electrons. The molecule has 0 spiro atoms. The molecule has 0 heterocycles. The van der Waals surface area contributed by atoms with E-state index in [-0.39, 0.29) is 6.54 Å². The van der Waals surface area contributed by atoms with Crippen molar-refractivity contribution in [1.29, 1.82) is 0 Å². The van der Waals surface area contributed by atoms with Gasteiger partial charge in [0.25, 0.3) is 0 Å². The van der Waals surface area contributed by atoms with Crippen LogP contribution in [0.25, 0.3) is 0 Å². The van der Waals surface area contributed by atoms with Gasteiger partial charge < -0.3 is 4.74 Å². The molecule has 0 aliphatic heterocycles. The highest BCUT2D eigenvalue weighted by Gasteiger charge is 2.23. The number of ether oxygens (including phenoxy) is 1. The van der Waals surface area contributed by atoms with Crippen LogP contribution >= 0.6 is 0 Å². The van der Waals surface area contributed by atoms with Gasteiger partial charge in [0.15, 0.2) is 0 Å².